The van der Waals surface area contributed by atoms with Gasteiger partial charge in [0, 0.05) is 24.7 Å². The molecule has 0 spiro atoms. The van der Waals surface area contributed by atoms with Crippen LogP contribution in [-0.4, -0.2) is 75.4 Å². The zero-order valence-corrected chi connectivity index (χ0v) is 17.4. The Bertz CT molecular complexity index is 859. The predicted octanol–water partition coefficient (Wildman–Crippen LogP) is 0.152. The second-order valence-electron chi connectivity index (χ2n) is 7.49. The molecule has 0 saturated carbocycles. The highest BCUT2D eigenvalue weighted by atomic mass is 32.2. The number of morpholine rings is 1. The van der Waals surface area contributed by atoms with Crippen LogP contribution in [0.15, 0.2) is 23.1 Å². The summed E-state index contributed by atoms with van der Waals surface area (Å²) in [4.78, 5) is 25.9. The lowest BCUT2D eigenvalue weighted by Crippen LogP contribution is -2.42. The van der Waals surface area contributed by atoms with Crippen molar-refractivity contribution in [2.75, 3.05) is 51.3 Å². The van der Waals surface area contributed by atoms with Gasteiger partial charge in [-0.1, -0.05) is 6.07 Å². The number of anilines is 1. The van der Waals surface area contributed by atoms with Crippen LogP contribution in [0.5, 0.6) is 0 Å². The maximum atomic E-state index is 12.9. The van der Waals surface area contributed by atoms with Crippen LogP contribution in [0.1, 0.15) is 18.4 Å². The zero-order valence-electron chi connectivity index (χ0n) is 16.6. The fourth-order valence-corrected chi connectivity index (χ4v) is 5.04. The number of benzene rings is 1. The van der Waals surface area contributed by atoms with Gasteiger partial charge >= 0.3 is 0 Å². The van der Waals surface area contributed by atoms with Gasteiger partial charge in [0.25, 0.3) is 0 Å². The molecular weight excluding hydrogens is 396 g/mol. The molecular formula is C19H28N4O5S. The second kappa shape index (κ2) is 9.21. The van der Waals surface area contributed by atoms with Crippen molar-refractivity contribution in [1.29, 1.82) is 0 Å². The summed E-state index contributed by atoms with van der Waals surface area (Å²) in [6.45, 7) is 4.65. The predicted molar refractivity (Wildman–Crippen MR) is 108 cm³/mol. The normalized spacial score (nSPS) is 19.8. The molecule has 2 fully saturated rings. The quantitative estimate of drug-likeness (QED) is 0.670. The number of likely N-dealkylation sites (tertiary alicyclic amines) is 1. The van der Waals surface area contributed by atoms with Gasteiger partial charge in [-0.15, -0.1) is 0 Å². The van der Waals surface area contributed by atoms with Crippen LogP contribution in [0.4, 0.5) is 5.69 Å². The van der Waals surface area contributed by atoms with Gasteiger partial charge in [-0.3, -0.25) is 14.5 Å². The summed E-state index contributed by atoms with van der Waals surface area (Å²) in [6.07, 6.45) is 1.30. The maximum Gasteiger partial charge on any atom is 0.243 e. The van der Waals surface area contributed by atoms with Crippen LogP contribution in [0.25, 0.3) is 0 Å². The molecule has 2 amide bonds. The first-order chi connectivity index (χ1) is 13.8. The lowest BCUT2D eigenvalue weighted by molar-refractivity contribution is -0.123. The topological polar surface area (TPSA) is 122 Å². The molecule has 160 valence electrons. The molecule has 10 heteroatoms. The maximum absolute atomic E-state index is 12.9. The molecule has 0 atom stereocenters. The number of rotatable bonds is 6. The number of primary amides is 1. The van der Waals surface area contributed by atoms with Gasteiger partial charge in [-0.25, -0.2) is 8.42 Å². The van der Waals surface area contributed by atoms with E-state index in [9.17, 15) is 18.0 Å². The third-order valence-electron chi connectivity index (χ3n) is 5.45. The second-order valence-corrected chi connectivity index (χ2v) is 9.43. The van der Waals surface area contributed by atoms with E-state index in [-0.39, 0.29) is 29.2 Å². The van der Waals surface area contributed by atoms with Crippen LogP contribution in [-0.2, 0) is 24.3 Å². The molecule has 0 unspecified atom stereocenters. The molecule has 9 nitrogen and oxygen atoms in total. The highest BCUT2D eigenvalue weighted by Gasteiger charge is 2.27. The average Bonchev–Trinajstić information content (AvgIpc) is 2.70. The minimum Gasteiger partial charge on any atom is -0.379 e. The van der Waals surface area contributed by atoms with Crippen LogP contribution in [0, 0.1) is 12.8 Å². The Hall–Kier alpha value is -2.01. The molecule has 0 aliphatic carbocycles. The van der Waals surface area contributed by atoms with Gasteiger partial charge in [0.2, 0.25) is 21.8 Å². The number of hydrogen-bond acceptors (Lipinski definition) is 6. The Morgan fingerprint density at radius 2 is 1.83 bits per heavy atom. The van der Waals surface area contributed by atoms with E-state index < -0.39 is 10.0 Å². The number of ether oxygens (including phenoxy) is 1. The third kappa shape index (κ3) is 5.33. The summed E-state index contributed by atoms with van der Waals surface area (Å²) < 4.78 is 32.3. The van der Waals surface area contributed by atoms with Crippen molar-refractivity contribution < 1.29 is 22.7 Å². The Morgan fingerprint density at radius 1 is 1.17 bits per heavy atom. The van der Waals surface area contributed by atoms with Gasteiger partial charge in [0.15, 0.2) is 0 Å². The van der Waals surface area contributed by atoms with E-state index in [2.05, 4.69) is 5.32 Å². The number of sulfonamides is 1. The van der Waals surface area contributed by atoms with E-state index in [1.807, 2.05) is 11.8 Å². The fourth-order valence-electron chi connectivity index (χ4n) is 3.60. The van der Waals surface area contributed by atoms with E-state index >= 15 is 0 Å². The molecule has 1 aromatic carbocycles. The van der Waals surface area contributed by atoms with Gasteiger partial charge < -0.3 is 15.8 Å². The van der Waals surface area contributed by atoms with Crippen LogP contribution >= 0.6 is 0 Å². The van der Waals surface area contributed by atoms with E-state index in [0.717, 1.165) is 5.56 Å². The van der Waals surface area contributed by atoms with Gasteiger partial charge in [0.1, 0.15) is 0 Å². The van der Waals surface area contributed by atoms with Gasteiger partial charge in [0.05, 0.1) is 24.7 Å². The third-order valence-corrected chi connectivity index (χ3v) is 7.34. The number of nitrogens with one attached hydrogen (secondary N) is 1. The summed E-state index contributed by atoms with van der Waals surface area (Å²) in [5.74, 6) is -0.631. The number of carbonyl (C=O) groups is 2. The number of nitrogens with two attached hydrogens (primary N) is 1. The number of piperidine rings is 1. The molecule has 2 heterocycles. The number of carbonyl (C=O) groups excluding carboxylic acids is 2. The van der Waals surface area contributed by atoms with Crippen molar-refractivity contribution in [2.45, 2.75) is 24.7 Å². The summed E-state index contributed by atoms with van der Waals surface area (Å²) >= 11 is 0. The van der Waals surface area contributed by atoms with Crippen LogP contribution in [0.2, 0.25) is 0 Å². The van der Waals surface area contributed by atoms with Crippen molar-refractivity contribution >= 4 is 27.5 Å². The molecule has 2 aliphatic heterocycles. The number of hydrogen-bond donors (Lipinski definition) is 2. The van der Waals surface area contributed by atoms with Crippen molar-refractivity contribution in [2.24, 2.45) is 11.7 Å². The minimum atomic E-state index is -3.63. The SMILES string of the molecule is Cc1ccc(S(=O)(=O)N2CCOCC2)cc1NC(=O)CN1CCC(C(N)=O)CC1. The lowest BCUT2D eigenvalue weighted by Gasteiger charge is -2.30. The van der Waals surface area contributed by atoms with Crippen molar-refractivity contribution in [1.82, 2.24) is 9.21 Å². The Morgan fingerprint density at radius 3 is 2.45 bits per heavy atom. The first kappa shape index (κ1) is 21.7. The summed E-state index contributed by atoms with van der Waals surface area (Å²) in [7, 11) is -3.63. The number of amides is 2. The number of nitrogens with zero attached hydrogens (tertiary/aromatic N) is 2. The fraction of sp³-hybridized carbons (Fsp3) is 0.579. The lowest BCUT2D eigenvalue weighted by atomic mass is 9.96. The molecule has 0 aromatic heterocycles. The molecule has 2 aliphatic rings. The first-order valence-corrected chi connectivity index (χ1v) is 11.2. The smallest absolute Gasteiger partial charge is 0.243 e. The molecule has 1 aromatic rings. The molecule has 3 N–H and O–H groups in total. The first-order valence-electron chi connectivity index (χ1n) is 9.77. The Balaban J connectivity index is 1.64. The standard InChI is InChI=1S/C19H28N4O5S/c1-14-2-3-16(29(26,27)23-8-10-28-11-9-23)12-17(14)21-18(24)13-22-6-4-15(5-7-22)19(20)25/h2-3,12,15H,4-11,13H2,1H3,(H2,20,25)(H,21,24). The molecule has 2 saturated heterocycles. The van der Waals surface area contributed by atoms with Crippen molar-refractivity contribution in [3.05, 3.63) is 23.8 Å². The molecule has 29 heavy (non-hydrogen) atoms. The van der Waals surface area contributed by atoms with E-state index in [1.165, 1.54) is 10.4 Å². The Labute approximate surface area is 171 Å². The van der Waals surface area contributed by atoms with Crippen molar-refractivity contribution in [3.8, 4) is 0 Å². The van der Waals surface area contributed by atoms with Crippen molar-refractivity contribution in [3.63, 3.8) is 0 Å². The van der Waals surface area contributed by atoms with Crippen LogP contribution in [0.3, 0.4) is 0 Å². The largest absolute Gasteiger partial charge is 0.379 e. The summed E-state index contributed by atoms with van der Waals surface area (Å²) in [6, 6.07) is 4.77. The van der Waals surface area contributed by atoms with Gasteiger partial charge in [-0.05, 0) is 50.6 Å². The van der Waals surface area contributed by atoms with E-state index in [4.69, 9.17) is 10.5 Å². The molecule has 3 rings (SSSR count). The summed E-state index contributed by atoms with van der Waals surface area (Å²) in [5, 5.41) is 2.83. The Kier molecular flexibility index (Phi) is 6.89. The highest BCUT2D eigenvalue weighted by molar-refractivity contribution is 7.89. The van der Waals surface area contributed by atoms with Gasteiger partial charge in [-0.2, -0.15) is 4.31 Å². The highest BCUT2D eigenvalue weighted by Crippen LogP contribution is 2.24. The van der Waals surface area contributed by atoms with Crippen LogP contribution < -0.4 is 11.1 Å². The van der Waals surface area contributed by atoms with E-state index in [0.29, 0.717) is 57.9 Å². The number of aryl methyl sites for hydroxylation is 1. The monoisotopic (exact) mass is 424 g/mol. The van der Waals surface area contributed by atoms with E-state index in [1.54, 1.807) is 12.1 Å². The molecule has 0 bridgehead atoms. The summed E-state index contributed by atoms with van der Waals surface area (Å²) in [5.41, 5.74) is 6.61. The minimum absolute atomic E-state index is 0.126. The molecule has 0 radical (unpaired) electrons. The average molecular weight is 425 g/mol. The zero-order chi connectivity index (χ0) is 21.0.